The Bertz CT molecular complexity index is 642. The lowest BCUT2D eigenvalue weighted by Gasteiger charge is -2.27. The molecule has 1 aromatic carbocycles. The molecular weight excluding hydrogens is 296 g/mol. The van der Waals surface area contributed by atoms with Gasteiger partial charge >= 0.3 is 0 Å². The lowest BCUT2D eigenvalue weighted by atomic mass is 9.86. The fraction of sp³-hybridized carbons (Fsp3) is 0.500. The lowest BCUT2D eigenvalue weighted by Crippen LogP contribution is -2.29. The van der Waals surface area contributed by atoms with Gasteiger partial charge in [0, 0.05) is 11.4 Å². The van der Waals surface area contributed by atoms with Gasteiger partial charge in [-0.3, -0.25) is 9.71 Å². The Morgan fingerprint density at radius 2 is 2.00 bits per heavy atom. The first kappa shape index (κ1) is 13.9. The second-order valence-corrected chi connectivity index (χ2v) is 7.30. The Labute approximate surface area is 124 Å². The van der Waals surface area contributed by atoms with Gasteiger partial charge in [-0.25, -0.2) is 8.42 Å². The van der Waals surface area contributed by atoms with E-state index < -0.39 is 10.0 Å². The second-order valence-electron chi connectivity index (χ2n) is 5.35. The standard InChI is InChI=1S/C14H17ClN2O2S/c15-9-10-5-1-3-7-12(10)16-14-11-6-2-4-8-13(11)20(18,19)17-14/h2,4,6,8,10,12H,1,3,5,7,9H2,(H,16,17). The largest absolute Gasteiger partial charge is 0.264 e. The summed E-state index contributed by atoms with van der Waals surface area (Å²) in [5.74, 6) is 1.40. The first-order chi connectivity index (χ1) is 9.62. The minimum atomic E-state index is -3.44. The monoisotopic (exact) mass is 312 g/mol. The van der Waals surface area contributed by atoms with Gasteiger partial charge in [0.2, 0.25) is 0 Å². The van der Waals surface area contributed by atoms with Gasteiger partial charge < -0.3 is 0 Å². The van der Waals surface area contributed by atoms with Crippen molar-refractivity contribution in [1.82, 2.24) is 4.72 Å². The van der Waals surface area contributed by atoms with E-state index in [0.717, 1.165) is 19.3 Å². The molecule has 0 bridgehead atoms. The molecule has 0 radical (unpaired) electrons. The fourth-order valence-electron chi connectivity index (χ4n) is 2.93. The zero-order chi connectivity index (χ0) is 14.2. The van der Waals surface area contributed by atoms with Gasteiger partial charge in [-0.15, -0.1) is 11.6 Å². The van der Waals surface area contributed by atoms with E-state index in [2.05, 4.69) is 9.71 Å². The normalized spacial score (nSPS) is 29.9. The van der Waals surface area contributed by atoms with Gasteiger partial charge in [-0.05, 0) is 30.9 Å². The SMILES string of the molecule is O=S1(=O)NC(=NC2CCCCC2CCl)c2ccccc21. The molecule has 6 heteroatoms. The number of sulfonamides is 1. The maximum Gasteiger partial charge on any atom is 0.263 e. The summed E-state index contributed by atoms with van der Waals surface area (Å²) in [6.45, 7) is 0. The minimum Gasteiger partial charge on any atom is -0.264 e. The van der Waals surface area contributed by atoms with Gasteiger partial charge in [-0.1, -0.05) is 25.0 Å². The van der Waals surface area contributed by atoms with Crippen molar-refractivity contribution in [2.24, 2.45) is 10.9 Å². The van der Waals surface area contributed by atoms with Crippen molar-refractivity contribution in [2.75, 3.05) is 5.88 Å². The Balaban J connectivity index is 1.97. The molecule has 0 amide bonds. The topological polar surface area (TPSA) is 58.5 Å². The number of aliphatic imine (C=N–C) groups is 1. The molecule has 3 rings (SSSR count). The van der Waals surface area contributed by atoms with Crippen molar-refractivity contribution in [1.29, 1.82) is 0 Å². The maximum atomic E-state index is 12.0. The van der Waals surface area contributed by atoms with E-state index in [1.54, 1.807) is 18.2 Å². The number of rotatable bonds is 2. The highest BCUT2D eigenvalue weighted by Crippen LogP contribution is 2.30. The fourth-order valence-corrected chi connectivity index (χ4v) is 4.53. The number of alkyl halides is 1. The molecule has 1 saturated carbocycles. The molecule has 1 aliphatic heterocycles. The summed E-state index contributed by atoms with van der Waals surface area (Å²) in [7, 11) is -3.44. The van der Waals surface area contributed by atoms with Crippen LogP contribution in [-0.4, -0.2) is 26.2 Å². The average molecular weight is 313 g/mol. The van der Waals surface area contributed by atoms with Gasteiger partial charge in [0.1, 0.15) is 5.84 Å². The highest BCUT2D eigenvalue weighted by molar-refractivity contribution is 7.90. The number of halogens is 1. The molecule has 1 fully saturated rings. The van der Waals surface area contributed by atoms with E-state index in [1.807, 2.05) is 6.07 Å². The van der Waals surface area contributed by atoms with Crippen LogP contribution in [0.3, 0.4) is 0 Å². The summed E-state index contributed by atoms with van der Waals surface area (Å²) in [5, 5.41) is 0. The Morgan fingerprint density at radius 3 is 2.80 bits per heavy atom. The van der Waals surface area contributed by atoms with Crippen LogP contribution in [-0.2, 0) is 10.0 Å². The van der Waals surface area contributed by atoms with E-state index in [1.165, 1.54) is 6.42 Å². The molecule has 1 heterocycles. The predicted octanol–water partition coefficient (Wildman–Crippen LogP) is 2.52. The maximum absolute atomic E-state index is 12.0. The number of fused-ring (bicyclic) bond motifs is 1. The Kier molecular flexibility index (Phi) is 3.73. The van der Waals surface area contributed by atoms with Crippen LogP contribution >= 0.6 is 11.6 Å². The molecule has 1 aliphatic carbocycles. The minimum absolute atomic E-state index is 0.116. The molecule has 2 atom stereocenters. The molecule has 0 saturated heterocycles. The van der Waals surface area contributed by atoms with Crippen LogP contribution in [0.5, 0.6) is 0 Å². The first-order valence-corrected chi connectivity index (χ1v) is 8.89. The molecule has 108 valence electrons. The van der Waals surface area contributed by atoms with Gasteiger partial charge in [0.05, 0.1) is 10.9 Å². The molecule has 0 aromatic heterocycles. The van der Waals surface area contributed by atoms with Crippen molar-refractivity contribution < 1.29 is 8.42 Å². The summed E-state index contributed by atoms with van der Waals surface area (Å²) in [6.07, 6.45) is 4.36. The van der Waals surface area contributed by atoms with Gasteiger partial charge in [0.25, 0.3) is 10.0 Å². The van der Waals surface area contributed by atoms with Crippen molar-refractivity contribution in [2.45, 2.75) is 36.6 Å². The summed E-state index contributed by atoms with van der Waals surface area (Å²) in [5.41, 5.74) is 0.673. The van der Waals surface area contributed by atoms with Crippen LogP contribution in [0.25, 0.3) is 0 Å². The van der Waals surface area contributed by atoms with Crippen LogP contribution in [0.1, 0.15) is 31.2 Å². The number of amidine groups is 1. The Morgan fingerprint density at radius 1 is 1.25 bits per heavy atom. The van der Waals surface area contributed by atoms with E-state index in [0.29, 0.717) is 28.1 Å². The van der Waals surface area contributed by atoms with Crippen LogP contribution in [0.2, 0.25) is 0 Å². The molecule has 2 unspecified atom stereocenters. The second kappa shape index (κ2) is 5.37. The first-order valence-electron chi connectivity index (χ1n) is 6.88. The number of nitrogens with one attached hydrogen (secondary N) is 1. The summed E-state index contributed by atoms with van der Waals surface area (Å²) < 4.78 is 26.6. The summed E-state index contributed by atoms with van der Waals surface area (Å²) in [6, 6.07) is 7.08. The van der Waals surface area contributed by atoms with Crippen LogP contribution in [0.4, 0.5) is 0 Å². The van der Waals surface area contributed by atoms with E-state index in [4.69, 9.17) is 11.6 Å². The number of hydrogen-bond acceptors (Lipinski definition) is 3. The highest BCUT2D eigenvalue weighted by atomic mass is 35.5. The third kappa shape index (κ3) is 2.44. The molecule has 1 aromatic rings. The van der Waals surface area contributed by atoms with E-state index in [-0.39, 0.29) is 6.04 Å². The smallest absolute Gasteiger partial charge is 0.263 e. The highest BCUT2D eigenvalue weighted by Gasteiger charge is 2.32. The van der Waals surface area contributed by atoms with Crippen molar-refractivity contribution >= 4 is 27.5 Å². The molecule has 1 N–H and O–H groups in total. The van der Waals surface area contributed by atoms with E-state index in [9.17, 15) is 8.42 Å². The molecule has 2 aliphatic rings. The van der Waals surface area contributed by atoms with Gasteiger partial charge in [-0.2, -0.15) is 0 Å². The quantitative estimate of drug-likeness (QED) is 0.853. The van der Waals surface area contributed by atoms with Crippen LogP contribution in [0, 0.1) is 5.92 Å². The number of nitrogens with zero attached hydrogens (tertiary/aromatic N) is 1. The Hall–Kier alpha value is -1.07. The molecule has 0 spiro atoms. The molecule has 4 nitrogen and oxygen atoms in total. The van der Waals surface area contributed by atoms with Gasteiger partial charge in [0.15, 0.2) is 0 Å². The third-order valence-electron chi connectivity index (χ3n) is 4.02. The number of hydrogen-bond donors (Lipinski definition) is 1. The van der Waals surface area contributed by atoms with E-state index >= 15 is 0 Å². The average Bonchev–Trinajstić information content (AvgIpc) is 2.71. The molecule has 20 heavy (non-hydrogen) atoms. The van der Waals surface area contributed by atoms with Crippen molar-refractivity contribution in [3.63, 3.8) is 0 Å². The van der Waals surface area contributed by atoms with Crippen LogP contribution in [0.15, 0.2) is 34.2 Å². The summed E-state index contributed by atoms with van der Waals surface area (Å²) >= 11 is 6.01. The molecular formula is C14H17ClN2O2S. The lowest BCUT2D eigenvalue weighted by molar-refractivity contribution is 0.336. The third-order valence-corrected chi connectivity index (χ3v) is 5.82. The summed E-state index contributed by atoms with van der Waals surface area (Å²) in [4.78, 5) is 4.98. The predicted molar refractivity (Wildman–Crippen MR) is 79.8 cm³/mol. The van der Waals surface area contributed by atoms with Crippen LogP contribution < -0.4 is 4.72 Å². The van der Waals surface area contributed by atoms with Crippen molar-refractivity contribution in [3.8, 4) is 0 Å². The zero-order valence-electron chi connectivity index (χ0n) is 11.0. The number of benzene rings is 1. The zero-order valence-corrected chi connectivity index (χ0v) is 12.6. The van der Waals surface area contributed by atoms with Crippen molar-refractivity contribution in [3.05, 3.63) is 29.8 Å².